The molecule has 0 spiro atoms. The van der Waals surface area contributed by atoms with Gasteiger partial charge in [0.05, 0.1) is 10.7 Å². The molecule has 0 fully saturated rings. The van der Waals surface area contributed by atoms with E-state index in [0.29, 0.717) is 34.0 Å². The Morgan fingerprint density at radius 1 is 1.08 bits per heavy atom. The van der Waals surface area contributed by atoms with Crippen molar-refractivity contribution in [3.8, 4) is 5.69 Å². The summed E-state index contributed by atoms with van der Waals surface area (Å²) in [5, 5.41) is 11.5. The molecular weight excluding hydrogens is 350 g/mol. The van der Waals surface area contributed by atoms with Crippen LogP contribution in [0.15, 0.2) is 66.9 Å². The molecule has 2 aromatic heterocycles. The highest BCUT2D eigenvalue weighted by molar-refractivity contribution is 6.32. The number of hydrogen-bond acceptors (Lipinski definition) is 4. The molecule has 1 amide bonds. The summed E-state index contributed by atoms with van der Waals surface area (Å²) in [6, 6.07) is 18.4. The lowest BCUT2D eigenvalue weighted by molar-refractivity contribution is 0.0951. The molecule has 0 saturated heterocycles. The first-order valence-corrected chi connectivity index (χ1v) is 8.38. The second-order valence-electron chi connectivity index (χ2n) is 5.68. The second kappa shape index (κ2) is 6.93. The third-order valence-electron chi connectivity index (χ3n) is 3.94. The number of fused-ring (bicyclic) bond motifs is 1. The van der Waals surface area contributed by atoms with E-state index < -0.39 is 0 Å². The van der Waals surface area contributed by atoms with Crippen LogP contribution in [-0.4, -0.2) is 25.9 Å². The van der Waals surface area contributed by atoms with Crippen LogP contribution in [0.1, 0.15) is 15.9 Å². The fraction of sp³-hybridized carbons (Fsp3) is 0.0526. The summed E-state index contributed by atoms with van der Waals surface area (Å²) < 4.78 is 1.53. The number of benzene rings is 2. The molecule has 0 unspecified atom stereocenters. The number of amides is 1. The Bertz CT molecular complexity index is 1080. The van der Waals surface area contributed by atoms with Gasteiger partial charge in [0, 0.05) is 18.3 Å². The maximum Gasteiger partial charge on any atom is 0.251 e. The zero-order valence-electron chi connectivity index (χ0n) is 13.6. The zero-order valence-corrected chi connectivity index (χ0v) is 14.4. The lowest BCUT2D eigenvalue weighted by Crippen LogP contribution is -2.23. The van der Waals surface area contributed by atoms with E-state index in [0.717, 1.165) is 5.56 Å². The van der Waals surface area contributed by atoms with Gasteiger partial charge in [0.1, 0.15) is 5.52 Å². The van der Waals surface area contributed by atoms with Crippen LogP contribution in [0.5, 0.6) is 0 Å². The van der Waals surface area contributed by atoms with Crippen molar-refractivity contribution in [2.75, 3.05) is 0 Å². The van der Waals surface area contributed by atoms with Crippen molar-refractivity contribution in [1.29, 1.82) is 0 Å². The smallest absolute Gasteiger partial charge is 0.251 e. The molecular formula is C19H14ClN5O. The molecule has 6 nitrogen and oxygen atoms in total. The molecule has 0 aliphatic carbocycles. The Morgan fingerprint density at radius 3 is 2.77 bits per heavy atom. The maximum absolute atomic E-state index is 12.5. The minimum absolute atomic E-state index is 0.191. The van der Waals surface area contributed by atoms with Crippen molar-refractivity contribution in [3.05, 3.63) is 83.0 Å². The molecule has 0 atom stereocenters. The predicted octanol–water partition coefficient (Wildman–Crippen LogP) is 3.40. The van der Waals surface area contributed by atoms with Gasteiger partial charge in [-0.2, -0.15) is 4.68 Å². The SMILES string of the molecule is O=C(NCc1ccccc1)c1ccc(Cl)c(-n2nnc3cccnc32)c1. The molecule has 2 aromatic carbocycles. The summed E-state index contributed by atoms with van der Waals surface area (Å²) in [6.07, 6.45) is 1.66. The van der Waals surface area contributed by atoms with Crippen LogP contribution in [0.2, 0.25) is 5.02 Å². The Balaban J connectivity index is 1.63. The normalized spacial score (nSPS) is 10.8. The first-order valence-electron chi connectivity index (χ1n) is 8.01. The molecule has 1 N–H and O–H groups in total. The molecule has 26 heavy (non-hydrogen) atoms. The summed E-state index contributed by atoms with van der Waals surface area (Å²) in [5.41, 5.74) is 3.31. The number of nitrogens with zero attached hydrogens (tertiary/aromatic N) is 4. The molecule has 2 heterocycles. The topological polar surface area (TPSA) is 72.7 Å². The van der Waals surface area contributed by atoms with Crippen LogP contribution in [0.25, 0.3) is 16.9 Å². The number of aromatic nitrogens is 4. The lowest BCUT2D eigenvalue weighted by Gasteiger charge is -2.09. The van der Waals surface area contributed by atoms with Gasteiger partial charge in [0.25, 0.3) is 5.91 Å². The number of carbonyl (C=O) groups excluding carboxylic acids is 1. The second-order valence-corrected chi connectivity index (χ2v) is 6.09. The average molecular weight is 364 g/mol. The summed E-state index contributed by atoms with van der Waals surface area (Å²) in [5.74, 6) is -0.191. The minimum Gasteiger partial charge on any atom is -0.348 e. The van der Waals surface area contributed by atoms with Gasteiger partial charge in [0.15, 0.2) is 5.65 Å². The molecule has 0 saturated carbocycles. The molecule has 0 bridgehead atoms. The van der Waals surface area contributed by atoms with Crippen molar-refractivity contribution in [1.82, 2.24) is 25.3 Å². The Hall–Kier alpha value is -3.25. The van der Waals surface area contributed by atoms with Crippen LogP contribution in [0.3, 0.4) is 0 Å². The van der Waals surface area contributed by atoms with E-state index >= 15 is 0 Å². The van der Waals surface area contributed by atoms with Crippen molar-refractivity contribution in [2.45, 2.75) is 6.54 Å². The molecule has 128 valence electrons. The number of rotatable bonds is 4. The van der Waals surface area contributed by atoms with Gasteiger partial charge in [-0.15, -0.1) is 5.10 Å². The highest BCUT2D eigenvalue weighted by Crippen LogP contribution is 2.23. The van der Waals surface area contributed by atoms with E-state index in [4.69, 9.17) is 11.6 Å². The van der Waals surface area contributed by atoms with E-state index in [1.165, 1.54) is 4.68 Å². The number of carbonyl (C=O) groups is 1. The fourth-order valence-corrected chi connectivity index (χ4v) is 2.82. The standard InChI is InChI=1S/C19H14ClN5O/c20-15-9-8-14(19(26)22-12-13-5-2-1-3-6-13)11-17(15)25-18-16(23-24-25)7-4-10-21-18/h1-11H,12H2,(H,22,26). The highest BCUT2D eigenvalue weighted by Gasteiger charge is 2.14. The largest absolute Gasteiger partial charge is 0.348 e. The first kappa shape index (κ1) is 16.2. The Labute approximate surface area is 154 Å². The van der Waals surface area contributed by atoms with Gasteiger partial charge in [-0.3, -0.25) is 4.79 Å². The van der Waals surface area contributed by atoms with Gasteiger partial charge in [-0.1, -0.05) is 47.1 Å². The van der Waals surface area contributed by atoms with Gasteiger partial charge < -0.3 is 5.32 Å². The third-order valence-corrected chi connectivity index (χ3v) is 4.26. The van der Waals surface area contributed by atoms with Crippen LogP contribution in [0.4, 0.5) is 0 Å². The third kappa shape index (κ3) is 3.14. The summed E-state index contributed by atoms with van der Waals surface area (Å²) in [4.78, 5) is 16.8. The molecule has 7 heteroatoms. The average Bonchev–Trinajstić information content (AvgIpc) is 3.11. The monoisotopic (exact) mass is 363 g/mol. The van der Waals surface area contributed by atoms with Crippen molar-refractivity contribution in [2.24, 2.45) is 0 Å². The van der Waals surface area contributed by atoms with Gasteiger partial charge in [-0.25, -0.2) is 4.98 Å². The summed E-state index contributed by atoms with van der Waals surface area (Å²) in [6.45, 7) is 0.450. The fourth-order valence-electron chi connectivity index (χ4n) is 2.62. The van der Waals surface area contributed by atoms with Gasteiger partial charge in [0.2, 0.25) is 0 Å². The van der Waals surface area contributed by atoms with Crippen LogP contribution >= 0.6 is 11.6 Å². The minimum atomic E-state index is -0.191. The number of halogens is 1. The van der Waals surface area contributed by atoms with E-state index in [-0.39, 0.29) is 5.91 Å². The number of pyridine rings is 1. The van der Waals surface area contributed by atoms with E-state index in [2.05, 4.69) is 20.6 Å². The quantitative estimate of drug-likeness (QED) is 0.603. The zero-order chi connectivity index (χ0) is 17.9. The highest BCUT2D eigenvalue weighted by atomic mass is 35.5. The lowest BCUT2D eigenvalue weighted by atomic mass is 10.1. The Kier molecular flexibility index (Phi) is 4.33. The molecule has 0 radical (unpaired) electrons. The van der Waals surface area contributed by atoms with Crippen molar-refractivity contribution < 1.29 is 4.79 Å². The Morgan fingerprint density at radius 2 is 1.92 bits per heavy atom. The predicted molar refractivity (Wildman–Crippen MR) is 99.3 cm³/mol. The van der Waals surface area contributed by atoms with Crippen LogP contribution < -0.4 is 5.32 Å². The number of hydrogen-bond donors (Lipinski definition) is 1. The van der Waals surface area contributed by atoms with E-state index in [1.807, 2.05) is 36.4 Å². The van der Waals surface area contributed by atoms with Gasteiger partial charge >= 0.3 is 0 Å². The molecule has 4 aromatic rings. The van der Waals surface area contributed by atoms with Gasteiger partial charge in [-0.05, 0) is 35.9 Å². The summed E-state index contributed by atoms with van der Waals surface area (Å²) in [7, 11) is 0. The van der Waals surface area contributed by atoms with Crippen LogP contribution in [0, 0.1) is 0 Å². The maximum atomic E-state index is 12.5. The van der Waals surface area contributed by atoms with E-state index in [9.17, 15) is 4.79 Å². The van der Waals surface area contributed by atoms with Crippen molar-refractivity contribution in [3.63, 3.8) is 0 Å². The molecule has 4 rings (SSSR count). The number of nitrogens with one attached hydrogen (secondary N) is 1. The molecule has 0 aliphatic rings. The van der Waals surface area contributed by atoms with Crippen LogP contribution in [-0.2, 0) is 6.54 Å². The molecule has 0 aliphatic heterocycles. The van der Waals surface area contributed by atoms with E-state index in [1.54, 1.807) is 30.5 Å². The first-order chi connectivity index (χ1) is 12.7. The van der Waals surface area contributed by atoms with Crippen molar-refractivity contribution >= 4 is 28.7 Å². The summed E-state index contributed by atoms with van der Waals surface area (Å²) >= 11 is 6.32.